The van der Waals surface area contributed by atoms with Gasteiger partial charge in [0.2, 0.25) is 5.17 Å². The van der Waals surface area contributed by atoms with Crippen molar-refractivity contribution in [3.05, 3.63) is 71.9 Å². The largest absolute Gasteiger partial charge is 0.492 e. The minimum atomic E-state index is -0.403. The molecule has 8 heteroatoms. The monoisotopic (exact) mass is 471 g/mol. The van der Waals surface area contributed by atoms with Gasteiger partial charge < -0.3 is 9.30 Å². The molecule has 34 heavy (non-hydrogen) atoms. The van der Waals surface area contributed by atoms with E-state index in [1.807, 2.05) is 60.8 Å². The summed E-state index contributed by atoms with van der Waals surface area (Å²) in [4.78, 5) is 17.0. The van der Waals surface area contributed by atoms with E-state index in [0.717, 1.165) is 46.5 Å². The lowest BCUT2D eigenvalue weighted by atomic mass is 10.1. The van der Waals surface area contributed by atoms with Gasteiger partial charge in [-0.2, -0.15) is 15.1 Å². The molecule has 0 saturated heterocycles. The van der Waals surface area contributed by atoms with Crippen molar-refractivity contribution < 1.29 is 9.53 Å². The van der Waals surface area contributed by atoms with Crippen molar-refractivity contribution in [2.45, 2.75) is 32.7 Å². The summed E-state index contributed by atoms with van der Waals surface area (Å²) in [5.74, 6) is 0.497. The molecule has 172 valence electrons. The van der Waals surface area contributed by atoms with E-state index in [0.29, 0.717) is 18.3 Å². The average Bonchev–Trinajstić information content (AvgIpc) is 3.42. The number of fused-ring (bicyclic) bond motifs is 2. The first kappa shape index (κ1) is 22.2. The summed E-state index contributed by atoms with van der Waals surface area (Å²) < 4.78 is 7.99. The fourth-order valence-electron chi connectivity index (χ4n) is 3.97. The van der Waals surface area contributed by atoms with Crippen LogP contribution in [-0.4, -0.2) is 38.1 Å². The lowest BCUT2D eigenvalue weighted by molar-refractivity contribution is -0.114. The molecule has 0 saturated carbocycles. The number of aromatic nitrogens is 1. The van der Waals surface area contributed by atoms with Gasteiger partial charge in [-0.25, -0.2) is 0 Å². The van der Waals surface area contributed by atoms with Crippen molar-refractivity contribution in [1.82, 2.24) is 9.58 Å². The summed E-state index contributed by atoms with van der Waals surface area (Å²) in [6.45, 7) is 3.29. The number of ether oxygens (including phenoxy) is 1. The molecule has 0 fully saturated rings. The van der Waals surface area contributed by atoms with Gasteiger partial charge in [0.1, 0.15) is 17.4 Å². The van der Waals surface area contributed by atoms with Gasteiger partial charge in [0.25, 0.3) is 5.91 Å². The Labute approximate surface area is 202 Å². The predicted molar refractivity (Wildman–Crippen MR) is 138 cm³/mol. The molecule has 1 N–H and O–H groups in total. The van der Waals surface area contributed by atoms with Crippen LogP contribution in [0, 0.1) is 5.41 Å². The number of amides is 1. The Morgan fingerprint density at radius 3 is 2.74 bits per heavy atom. The summed E-state index contributed by atoms with van der Waals surface area (Å²) in [5.41, 5.74) is 2.15. The van der Waals surface area contributed by atoms with Gasteiger partial charge >= 0.3 is 0 Å². The van der Waals surface area contributed by atoms with Crippen molar-refractivity contribution >= 4 is 50.7 Å². The standard InChI is InChI=1S/C26H25N5O2S/c1-2-3-13-23-29-31-24(27)21(25(32)28-26(31)34-23)16-18-17-30(22-12-8-7-11-20(18)22)14-15-33-19-9-5-4-6-10-19/h4-12,16-17,27H,2-3,13-15H2,1H3/b21-16-,27-24?. The molecule has 2 aliphatic heterocycles. The zero-order chi connectivity index (χ0) is 23.5. The van der Waals surface area contributed by atoms with Gasteiger partial charge in [-0.05, 0) is 48.9 Å². The van der Waals surface area contributed by atoms with Gasteiger partial charge in [0.05, 0.1) is 12.1 Å². The third-order valence-electron chi connectivity index (χ3n) is 5.70. The van der Waals surface area contributed by atoms with Crippen LogP contribution in [0.1, 0.15) is 31.7 Å². The number of carbonyl (C=O) groups is 1. The Morgan fingerprint density at radius 2 is 1.91 bits per heavy atom. The fraction of sp³-hybridized carbons (Fsp3) is 0.231. The second-order valence-corrected chi connectivity index (χ2v) is 9.11. The molecule has 5 rings (SSSR count). The molecule has 0 radical (unpaired) electrons. The molecule has 0 atom stereocenters. The van der Waals surface area contributed by atoms with Crippen LogP contribution in [0.3, 0.4) is 0 Å². The maximum atomic E-state index is 12.8. The van der Waals surface area contributed by atoms with Gasteiger partial charge in [-0.15, -0.1) is 0 Å². The van der Waals surface area contributed by atoms with E-state index in [4.69, 9.17) is 10.1 Å². The molecular weight excluding hydrogens is 446 g/mol. The lowest BCUT2D eigenvalue weighted by Gasteiger charge is -2.20. The van der Waals surface area contributed by atoms with Crippen LogP contribution >= 0.6 is 11.8 Å². The van der Waals surface area contributed by atoms with Crippen molar-refractivity contribution in [3.8, 4) is 5.75 Å². The molecule has 0 unspecified atom stereocenters. The van der Waals surface area contributed by atoms with Crippen LogP contribution in [0.5, 0.6) is 5.75 Å². The average molecular weight is 472 g/mol. The molecule has 3 heterocycles. The quantitative estimate of drug-likeness (QED) is 0.438. The van der Waals surface area contributed by atoms with Crippen LogP contribution in [0.15, 0.2) is 76.5 Å². The lowest BCUT2D eigenvalue weighted by Crippen LogP contribution is -2.35. The SMILES string of the molecule is CCCCC1=NN2C(=N)/C(=C/c3cn(CCOc4ccccc4)c4ccccc34)C(=O)N=C2S1. The number of hydrogen-bond acceptors (Lipinski definition) is 5. The maximum absolute atomic E-state index is 12.8. The number of thioether (sulfide) groups is 1. The molecular formula is C26H25N5O2S. The second-order valence-electron chi connectivity index (χ2n) is 8.07. The number of rotatable bonds is 8. The molecule has 0 aliphatic carbocycles. The number of unbranched alkanes of at least 4 members (excludes halogenated alkanes) is 1. The van der Waals surface area contributed by atoms with Crippen molar-refractivity contribution in [1.29, 1.82) is 5.41 Å². The van der Waals surface area contributed by atoms with E-state index in [1.165, 1.54) is 16.8 Å². The maximum Gasteiger partial charge on any atom is 0.283 e. The number of amidine groups is 2. The van der Waals surface area contributed by atoms with Crippen LogP contribution in [0.25, 0.3) is 17.0 Å². The van der Waals surface area contributed by atoms with Gasteiger partial charge in [-0.3, -0.25) is 10.2 Å². The second kappa shape index (κ2) is 9.69. The van der Waals surface area contributed by atoms with E-state index in [2.05, 4.69) is 21.6 Å². The smallest absolute Gasteiger partial charge is 0.283 e. The van der Waals surface area contributed by atoms with E-state index in [-0.39, 0.29) is 11.4 Å². The Hall–Kier alpha value is -3.65. The minimum Gasteiger partial charge on any atom is -0.492 e. The number of hydrogen-bond donors (Lipinski definition) is 1. The highest BCUT2D eigenvalue weighted by atomic mass is 32.2. The highest BCUT2D eigenvalue weighted by molar-refractivity contribution is 8.26. The molecule has 7 nitrogen and oxygen atoms in total. The first-order valence-corrected chi connectivity index (χ1v) is 12.2. The third kappa shape index (κ3) is 4.41. The number of nitrogens with one attached hydrogen (secondary N) is 1. The zero-order valence-electron chi connectivity index (χ0n) is 18.9. The number of carbonyl (C=O) groups excluding carboxylic acids is 1. The first-order valence-electron chi connectivity index (χ1n) is 11.4. The Bertz CT molecular complexity index is 1340. The van der Waals surface area contributed by atoms with Crippen LogP contribution < -0.4 is 4.74 Å². The van der Waals surface area contributed by atoms with Crippen molar-refractivity contribution in [3.63, 3.8) is 0 Å². The number of nitrogens with zero attached hydrogens (tertiary/aromatic N) is 4. The van der Waals surface area contributed by atoms with Gasteiger partial charge in [-0.1, -0.05) is 49.7 Å². The molecule has 0 spiro atoms. The first-order chi connectivity index (χ1) is 16.6. The van der Waals surface area contributed by atoms with E-state index < -0.39 is 5.91 Å². The van der Waals surface area contributed by atoms with Crippen molar-refractivity contribution in [2.75, 3.05) is 6.61 Å². The minimum absolute atomic E-state index is 0.0678. The topological polar surface area (TPSA) is 83.0 Å². The molecule has 1 aromatic heterocycles. The highest BCUT2D eigenvalue weighted by Crippen LogP contribution is 2.31. The predicted octanol–water partition coefficient (Wildman–Crippen LogP) is 5.53. The van der Waals surface area contributed by atoms with Crippen molar-refractivity contribution in [2.24, 2.45) is 10.1 Å². The molecule has 2 aliphatic rings. The third-order valence-corrected chi connectivity index (χ3v) is 6.67. The summed E-state index contributed by atoms with van der Waals surface area (Å²) >= 11 is 1.38. The fourth-order valence-corrected chi connectivity index (χ4v) is 4.90. The van der Waals surface area contributed by atoms with E-state index in [1.54, 1.807) is 6.08 Å². The summed E-state index contributed by atoms with van der Waals surface area (Å²) in [5, 5.41) is 17.0. The van der Waals surface area contributed by atoms with Crippen LogP contribution in [-0.2, 0) is 11.3 Å². The molecule has 2 aromatic carbocycles. The van der Waals surface area contributed by atoms with E-state index >= 15 is 0 Å². The highest BCUT2D eigenvalue weighted by Gasteiger charge is 2.35. The summed E-state index contributed by atoms with van der Waals surface area (Å²) in [6.07, 6.45) is 6.67. The Kier molecular flexibility index (Phi) is 6.31. The van der Waals surface area contributed by atoms with Gasteiger partial charge in [0.15, 0.2) is 5.84 Å². The normalized spacial score (nSPS) is 16.7. The van der Waals surface area contributed by atoms with Crippen LogP contribution in [0.4, 0.5) is 0 Å². The number of aliphatic imine (C=N–C) groups is 1. The summed E-state index contributed by atoms with van der Waals surface area (Å²) in [6, 6.07) is 17.8. The molecule has 1 amide bonds. The van der Waals surface area contributed by atoms with E-state index in [9.17, 15) is 4.79 Å². The van der Waals surface area contributed by atoms with Gasteiger partial charge in [0, 0.05) is 22.7 Å². The Balaban J connectivity index is 1.41. The van der Waals surface area contributed by atoms with Crippen LogP contribution in [0.2, 0.25) is 0 Å². The molecule has 0 bridgehead atoms. The number of para-hydroxylation sites is 2. The summed E-state index contributed by atoms with van der Waals surface area (Å²) in [7, 11) is 0. The molecule has 3 aromatic rings. The zero-order valence-corrected chi connectivity index (χ0v) is 19.7. The Morgan fingerprint density at radius 1 is 1.12 bits per heavy atom. The number of benzene rings is 2. The number of hydrazone groups is 1.